The van der Waals surface area contributed by atoms with E-state index in [9.17, 15) is 32.4 Å². The summed E-state index contributed by atoms with van der Waals surface area (Å²) in [7, 11) is -3.92. The molecule has 5 atom stereocenters. The zero-order chi connectivity index (χ0) is 39.3. The van der Waals surface area contributed by atoms with Gasteiger partial charge in [-0.05, 0) is 62.0 Å². The second-order valence-electron chi connectivity index (χ2n) is 17.4. The normalized spacial score (nSPS) is 29.8. The summed E-state index contributed by atoms with van der Waals surface area (Å²) < 4.78 is 45.4. The molecule has 15 nitrogen and oxygen atoms in total. The second kappa shape index (κ2) is 14.6. The minimum atomic E-state index is -3.92. The van der Waals surface area contributed by atoms with Gasteiger partial charge in [-0.1, -0.05) is 51.8 Å². The molecular weight excluding hydrogens is 731 g/mol. The van der Waals surface area contributed by atoms with E-state index in [1.165, 1.54) is 11.0 Å². The Morgan fingerprint density at radius 1 is 1.04 bits per heavy atom. The van der Waals surface area contributed by atoms with Crippen LogP contribution in [0.3, 0.4) is 0 Å². The lowest BCUT2D eigenvalue weighted by molar-refractivity contribution is -0.143. The van der Waals surface area contributed by atoms with Crippen LogP contribution in [-0.2, 0) is 47.0 Å². The van der Waals surface area contributed by atoms with Crippen LogP contribution in [0.5, 0.6) is 5.75 Å². The molecule has 7 rings (SSSR count). The van der Waals surface area contributed by atoms with Gasteiger partial charge in [-0.3, -0.25) is 24.0 Å². The molecule has 1 saturated heterocycles. The van der Waals surface area contributed by atoms with E-state index in [-0.39, 0.29) is 38.0 Å². The number of nitrogens with one attached hydrogen (secondary N) is 3. The Morgan fingerprint density at radius 3 is 2.47 bits per heavy atom. The molecule has 5 amide bonds. The Kier molecular flexibility index (Phi) is 10.3. The lowest BCUT2D eigenvalue weighted by Gasteiger charge is -2.35. The molecule has 0 aromatic heterocycles. The molecule has 16 heteroatoms. The van der Waals surface area contributed by atoms with Crippen molar-refractivity contribution in [2.75, 3.05) is 19.8 Å². The minimum Gasteiger partial charge on any atom is -0.493 e. The standard InChI is InChI=1S/C39H53N5O10S/c1-5-25-19-39(25,34(47)42-55(50,51)27-12-13-27)41-32(45)29-18-26-21-44(29)33(46)31(37(2,3)4)40-35(48)53-23-38(15-16-38)14-7-6-8-17-52-30-11-9-10-24-20-43(22-28(24)30)36(49)54-26/h5,9-11,25-27,29,31H,1,6-8,12-23H2,2-4H3,(H,40,48)(H,41,45)(H,42,47)/t25-,26+,29?,31+,39-/m0/s1. The molecule has 55 heavy (non-hydrogen) atoms. The van der Waals surface area contributed by atoms with E-state index < -0.39 is 80.2 Å². The summed E-state index contributed by atoms with van der Waals surface area (Å²) in [6.07, 6.45) is 5.69. The molecule has 3 heterocycles. The zero-order valence-corrected chi connectivity index (χ0v) is 32.7. The van der Waals surface area contributed by atoms with E-state index >= 15 is 0 Å². The third kappa shape index (κ3) is 8.29. The van der Waals surface area contributed by atoms with Crippen molar-refractivity contribution in [3.63, 3.8) is 0 Å². The molecule has 1 aromatic carbocycles. The van der Waals surface area contributed by atoms with Gasteiger partial charge in [0.1, 0.15) is 29.5 Å². The summed E-state index contributed by atoms with van der Waals surface area (Å²) in [5, 5.41) is 4.86. The second-order valence-corrected chi connectivity index (χ2v) is 19.3. The van der Waals surface area contributed by atoms with E-state index in [1.807, 2.05) is 18.2 Å². The lowest BCUT2D eigenvalue weighted by atomic mass is 9.85. The van der Waals surface area contributed by atoms with Crippen molar-refractivity contribution in [2.45, 2.75) is 127 Å². The van der Waals surface area contributed by atoms with Crippen LogP contribution in [0.2, 0.25) is 0 Å². The Labute approximate surface area is 322 Å². The fraction of sp³-hybridized carbons (Fsp3) is 0.667. The van der Waals surface area contributed by atoms with Crippen molar-refractivity contribution < 1.29 is 46.6 Å². The van der Waals surface area contributed by atoms with Crippen LogP contribution >= 0.6 is 0 Å². The highest BCUT2D eigenvalue weighted by molar-refractivity contribution is 7.91. The van der Waals surface area contributed by atoms with E-state index in [4.69, 9.17) is 14.2 Å². The van der Waals surface area contributed by atoms with Gasteiger partial charge in [-0.25, -0.2) is 18.0 Å². The Balaban J connectivity index is 1.14. The van der Waals surface area contributed by atoms with Gasteiger partial charge in [-0.2, -0.15) is 0 Å². The maximum atomic E-state index is 14.6. The molecule has 3 N–H and O–H groups in total. The van der Waals surface area contributed by atoms with Gasteiger partial charge in [0.2, 0.25) is 21.8 Å². The molecule has 1 spiro atoms. The molecular formula is C39H53N5O10S. The van der Waals surface area contributed by atoms with Crippen molar-refractivity contribution in [1.82, 2.24) is 25.2 Å². The molecule has 4 bridgehead atoms. The van der Waals surface area contributed by atoms with Crippen LogP contribution in [0.15, 0.2) is 30.9 Å². The van der Waals surface area contributed by atoms with Crippen LogP contribution in [0.4, 0.5) is 9.59 Å². The number of hydrogen-bond donors (Lipinski definition) is 3. The fourth-order valence-corrected chi connectivity index (χ4v) is 9.43. The van der Waals surface area contributed by atoms with Crippen molar-refractivity contribution in [2.24, 2.45) is 16.7 Å². The van der Waals surface area contributed by atoms with Gasteiger partial charge >= 0.3 is 12.2 Å². The molecule has 3 aliphatic carbocycles. The van der Waals surface area contributed by atoms with Gasteiger partial charge in [0.15, 0.2) is 0 Å². The maximum absolute atomic E-state index is 14.6. The number of cyclic esters (lactones) is 1. The summed E-state index contributed by atoms with van der Waals surface area (Å²) in [5.41, 5.74) is -0.644. The fourth-order valence-electron chi connectivity index (χ4n) is 8.06. The quantitative estimate of drug-likeness (QED) is 0.359. The summed E-state index contributed by atoms with van der Waals surface area (Å²) in [6.45, 7) is 10.3. The number of rotatable bonds is 6. The number of sulfonamides is 1. The summed E-state index contributed by atoms with van der Waals surface area (Å²) in [5.74, 6) is -2.01. The Bertz CT molecular complexity index is 1850. The van der Waals surface area contributed by atoms with E-state index in [0.29, 0.717) is 26.0 Å². The molecule has 300 valence electrons. The minimum absolute atomic E-state index is 0.0816. The molecule has 3 saturated carbocycles. The number of hydrogen-bond acceptors (Lipinski definition) is 10. The van der Waals surface area contributed by atoms with Crippen LogP contribution in [-0.4, -0.2) is 96.9 Å². The van der Waals surface area contributed by atoms with Crippen LogP contribution < -0.4 is 20.1 Å². The molecule has 3 aliphatic heterocycles. The Hall–Kier alpha value is -4.34. The Morgan fingerprint density at radius 2 is 1.80 bits per heavy atom. The lowest BCUT2D eigenvalue weighted by Crippen LogP contribution is -2.60. The van der Waals surface area contributed by atoms with Crippen LogP contribution in [0, 0.1) is 16.7 Å². The third-order valence-electron chi connectivity index (χ3n) is 12.0. The summed E-state index contributed by atoms with van der Waals surface area (Å²) >= 11 is 0. The monoisotopic (exact) mass is 783 g/mol. The highest BCUT2D eigenvalue weighted by Crippen LogP contribution is 2.50. The van der Waals surface area contributed by atoms with E-state index in [1.54, 1.807) is 25.7 Å². The predicted octanol–water partition coefficient (Wildman–Crippen LogP) is 3.65. The number of carbonyl (C=O) groups is 5. The average molecular weight is 784 g/mol. The highest BCUT2D eigenvalue weighted by atomic mass is 32.2. The summed E-state index contributed by atoms with van der Waals surface area (Å²) in [6, 6.07) is 3.38. The van der Waals surface area contributed by atoms with Gasteiger partial charge in [0.25, 0.3) is 5.91 Å². The molecule has 0 radical (unpaired) electrons. The number of alkyl carbamates (subject to hydrolysis) is 1. The average Bonchev–Trinajstić information content (AvgIpc) is 4.08. The number of nitrogens with zero attached hydrogens (tertiary/aromatic N) is 2. The number of benzene rings is 1. The maximum Gasteiger partial charge on any atom is 0.410 e. The number of fused-ring (bicyclic) bond motifs is 3. The molecule has 6 aliphatic rings. The first-order chi connectivity index (χ1) is 26.0. The molecule has 1 aromatic rings. The smallest absolute Gasteiger partial charge is 0.410 e. The SMILES string of the molecule is C=C[C@H]1C[C@@]1(NC(=O)C1C[C@@H]2CN1C(=O)[C@H](C(C)(C)C)NC(=O)OCC1(CCCCCOc3cccc4c3CN(C4)C(=O)O2)CC1)C(=O)NS(=O)(=O)C1CC1. The first-order valence-electron chi connectivity index (χ1n) is 19.5. The van der Waals surface area contributed by atoms with Gasteiger partial charge in [0.05, 0.1) is 31.6 Å². The van der Waals surface area contributed by atoms with Crippen molar-refractivity contribution in [3.05, 3.63) is 42.0 Å². The van der Waals surface area contributed by atoms with Crippen molar-refractivity contribution >= 4 is 39.9 Å². The van der Waals surface area contributed by atoms with Crippen molar-refractivity contribution in [3.8, 4) is 5.75 Å². The van der Waals surface area contributed by atoms with Crippen molar-refractivity contribution in [1.29, 1.82) is 0 Å². The molecule has 4 fully saturated rings. The number of carbonyl (C=O) groups excluding carboxylic acids is 5. The van der Waals surface area contributed by atoms with Gasteiger partial charge in [0, 0.05) is 29.9 Å². The first-order valence-corrected chi connectivity index (χ1v) is 21.0. The number of ether oxygens (including phenoxy) is 3. The highest BCUT2D eigenvalue weighted by Gasteiger charge is 2.62. The van der Waals surface area contributed by atoms with Crippen LogP contribution in [0.25, 0.3) is 0 Å². The largest absolute Gasteiger partial charge is 0.493 e. The third-order valence-corrected chi connectivity index (χ3v) is 13.8. The van der Waals surface area contributed by atoms with Gasteiger partial charge < -0.3 is 29.7 Å². The van der Waals surface area contributed by atoms with E-state index in [0.717, 1.165) is 55.4 Å². The zero-order valence-electron chi connectivity index (χ0n) is 31.9. The topological polar surface area (TPSA) is 190 Å². The van der Waals surface area contributed by atoms with Gasteiger partial charge in [-0.15, -0.1) is 6.58 Å². The first kappa shape index (κ1) is 38.9. The van der Waals surface area contributed by atoms with E-state index in [2.05, 4.69) is 21.9 Å². The van der Waals surface area contributed by atoms with Crippen LogP contribution in [0.1, 0.15) is 96.1 Å². The molecule has 1 unspecified atom stereocenters. The summed E-state index contributed by atoms with van der Waals surface area (Å²) in [4.78, 5) is 72.1. The number of amides is 5. The predicted molar refractivity (Wildman–Crippen MR) is 199 cm³/mol.